The first kappa shape index (κ1) is 14.8. The zero-order valence-electron chi connectivity index (χ0n) is 12.0. The standard InChI is InChI=1S/C16H25NO/c1-6-14-7-9-15(10-8-14)18-12-13(2)11-17-16(3,4)5/h7-10,17H,2,6,11-12H2,1,3-5H3. The van der Waals surface area contributed by atoms with E-state index in [2.05, 4.69) is 51.7 Å². The first-order chi connectivity index (χ1) is 8.40. The molecule has 0 radical (unpaired) electrons. The van der Waals surface area contributed by atoms with E-state index >= 15 is 0 Å². The molecule has 1 rings (SSSR count). The van der Waals surface area contributed by atoms with Crippen LogP contribution in [0, 0.1) is 0 Å². The fourth-order valence-corrected chi connectivity index (χ4v) is 1.45. The summed E-state index contributed by atoms with van der Waals surface area (Å²) in [6.07, 6.45) is 1.06. The van der Waals surface area contributed by atoms with Gasteiger partial charge in [-0.2, -0.15) is 0 Å². The molecule has 0 spiro atoms. The summed E-state index contributed by atoms with van der Waals surface area (Å²) in [7, 11) is 0. The van der Waals surface area contributed by atoms with Crippen molar-refractivity contribution < 1.29 is 4.74 Å². The van der Waals surface area contributed by atoms with E-state index in [4.69, 9.17) is 4.74 Å². The molecule has 0 aliphatic heterocycles. The lowest BCUT2D eigenvalue weighted by molar-refractivity contribution is 0.341. The lowest BCUT2D eigenvalue weighted by atomic mass is 10.1. The molecule has 2 heteroatoms. The van der Waals surface area contributed by atoms with Crippen molar-refractivity contribution in [1.82, 2.24) is 5.32 Å². The van der Waals surface area contributed by atoms with Crippen LogP contribution in [0.25, 0.3) is 0 Å². The first-order valence-corrected chi connectivity index (χ1v) is 6.54. The molecule has 0 bridgehead atoms. The zero-order chi connectivity index (χ0) is 13.6. The van der Waals surface area contributed by atoms with Gasteiger partial charge >= 0.3 is 0 Å². The van der Waals surface area contributed by atoms with E-state index in [0.717, 1.165) is 24.3 Å². The highest BCUT2D eigenvalue weighted by atomic mass is 16.5. The highest BCUT2D eigenvalue weighted by molar-refractivity contribution is 5.27. The smallest absolute Gasteiger partial charge is 0.119 e. The Bertz CT molecular complexity index is 373. The predicted octanol–water partition coefficient (Wildman–Crippen LogP) is 3.57. The van der Waals surface area contributed by atoms with Gasteiger partial charge in [-0.25, -0.2) is 0 Å². The first-order valence-electron chi connectivity index (χ1n) is 6.54. The van der Waals surface area contributed by atoms with Gasteiger partial charge in [-0.15, -0.1) is 0 Å². The van der Waals surface area contributed by atoms with E-state index in [-0.39, 0.29) is 5.54 Å². The largest absolute Gasteiger partial charge is 0.489 e. The minimum atomic E-state index is 0.117. The van der Waals surface area contributed by atoms with Crippen molar-refractivity contribution >= 4 is 0 Å². The summed E-state index contributed by atoms with van der Waals surface area (Å²) in [6, 6.07) is 8.24. The van der Waals surface area contributed by atoms with Gasteiger partial charge in [-0.05, 0) is 50.5 Å². The van der Waals surface area contributed by atoms with Crippen LogP contribution in [0.2, 0.25) is 0 Å². The maximum atomic E-state index is 5.69. The van der Waals surface area contributed by atoms with Crippen LogP contribution in [-0.2, 0) is 6.42 Å². The minimum Gasteiger partial charge on any atom is -0.489 e. The lowest BCUT2D eigenvalue weighted by Crippen LogP contribution is -2.37. The second-order valence-electron chi connectivity index (χ2n) is 5.64. The third kappa shape index (κ3) is 5.87. The topological polar surface area (TPSA) is 21.3 Å². The van der Waals surface area contributed by atoms with E-state index in [1.165, 1.54) is 5.56 Å². The monoisotopic (exact) mass is 247 g/mol. The van der Waals surface area contributed by atoms with Gasteiger partial charge in [0, 0.05) is 12.1 Å². The van der Waals surface area contributed by atoms with E-state index in [9.17, 15) is 0 Å². The number of hydrogen-bond acceptors (Lipinski definition) is 2. The molecular weight excluding hydrogens is 222 g/mol. The Morgan fingerprint density at radius 3 is 2.33 bits per heavy atom. The summed E-state index contributed by atoms with van der Waals surface area (Å²) in [4.78, 5) is 0. The SMILES string of the molecule is C=C(CNC(C)(C)C)COc1ccc(CC)cc1. The molecule has 1 aromatic rings. The van der Waals surface area contributed by atoms with Gasteiger partial charge in [0.2, 0.25) is 0 Å². The zero-order valence-corrected chi connectivity index (χ0v) is 12.0. The summed E-state index contributed by atoms with van der Waals surface area (Å²) < 4.78 is 5.69. The summed E-state index contributed by atoms with van der Waals surface area (Å²) in [5, 5.41) is 3.40. The maximum Gasteiger partial charge on any atom is 0.119 e. The van der Waals surface area contributed by atoms with Crippen molar-refractivity contribution in [3.05, 3.63) is 42.0 Å². The molecule has 0 aliphatic carbocycles. The average Bonchev–Trinajstić information content (AvgIpc) is 2.33. The molecule has 100 valence electrons. The molecule has 0 heterocycles. The predicted molar refractivity (Wildman–Crippen MR) is 78.2 cm³/mol. The van der Waals surface area contributed by atoms with Crippen LogP contribution >= 0.6 is 0 Å². The van der Waals surface area contributed by atoms with Crippen molar-refractivity contribution in [3.63, 3.8) is 0 Å². The van der Waals surface area contributed by atoms with Crippen LogP contribution in [0.1, 0.15) is 33.3 Å². The highest BCUT2D eigenvalue weighted by Gasteiger charge is 2.08. The van der Waals surface area contributed by atoms with Crippen LogP contribution < -0.4 is 10.1 Å². The maximum absolute atomic E-state index is 5.69. The van der Waals surface area contributed by atoms with E-state index in [0.29, 0.717) is 6.61 Å². The third-order valence-electron chi connectivity index (χ3n) is 2.64. The molecule has 0 atom stereocenters. The van der Waals surface area contributed by atoms with Crippen molar-refractivity contribution in [1.29, 1.82) is 0 Å². The van der Waals surface area contributed by atoms with Gasteiger partial charge in [0.25, 0.3) is 0 Å². The minimum absolute atomic E-state index is 0.117. The van der Waals surface area contributed by atoms with E-state index in [1.54, 1.807) is 0 Å². The molecule has 1 N–H and O–H groups in total. The summed E-state index contributed by atoms with van der Waals surface area (Å²) in [5.41, 5.74) is 2.51. The van der Waals surface area contributed by atoms with Crippen molar-refractivity contribution in [2.24, 2.45) is 0 Å². The molecule has 1 aromatic carbocycles. The van der Waals surface area contributed by atoms with Crippen LogP contribution in [0.15, 0.2) is 36.4 Å². The van der Waals surface area contributed by atoms with Crippen LogP contribution in [0.3, 0.4) is 0 Å². The molecule has 18 heavy (non-hydrogen) atoms. The fraction of sp³-hybridized carbons (Fsp3) is 0.500. The Morgan fingerprint density at radius 2 is 1.83 bits per heavy atom. The molecule has 0 aliphatic rings. The van der Waals surface area contributed by atoms with Crippen molar-refractivity contribution in [2.45, 2.75) is 39.7 Å². The third-order valence-corrected chi connectivity index (χ3v) is 2.64. The molecule has 0 aromatic heterocycles. The van der Waals surface area contributed by atoms with Gasteiger partial charge in [0.1, 0.15) is 12.4 Å². The fourth-order valence-electron chi connectivity index (χ4n) is 1.45. The summed E-state index contributed by atoms with van der Waals surface area (Å²) in [6.45, 7) is 14.0. The molecule has 0 saturated carbocycles. The molecule has 0 unspecified atom stereocenters. The van der Waals surface area contributed by atoms with Gasteiger partial charge < -0.3 is 10.1 Å². The Hall–Kier alpha value is -1.28. The van der Waals surface area contributed by atoms with Crippen molar-refractivity contribution in [3.8, 4) is 5.75 Å². The number of benzene rings is 1. The highest BCUT2D eigenvalue weighted by Crippen LogP contribution is 2.13. The van der Waals surface area contributed by atoms with E-state index in [1.807, 2.05) is 12.1 Å². The average molecular weight is 247 g/mol. The van der Waals surface area contributed by atoms with Gasteiger partial charge in [0.15, 0.2) is 0 Å². The Labute approximate surface area is 111 Å². The van der Waals surface area contributed by atoms with Crippen molar-refractivity contribution in [2.75, 3.05) is 13.2 Å². The van der Waals surface area contributed by atoms with E-state index < -0.39 is 0 Å². The second-order valence-corrected chi connectivity index (χ2v) is 5.64. The molecule has 0 saturated heterocycles. The second kappa shape index (κ2) is 6.60. The van der Waals surface area contributed by atoms with Gasteiger partial charge in [-0.1, -0.05) is 25.6 Å². The van der Waals surface area contributed by atoms with Gasteiger partial charge in [-0.3, -0.25) is 0 Å². The summed E-state index contributed by atoms with van der Waals surface area (Å²) >= 11 is 0. The Kier molecular flexibility index (Phi) is 5.42. The molecule has 2 nitrogen and oxygen atoms in total. The summed E-state index contributed by atoms with van der Waals surface area (Å²) in [5.74, 6) is 0.907. The number of nitrogens with one attached hydrogen (secondary N) is 1. The molecular formula is C16H25NO. The molecule has 0 amide bonds. The lowest BCUT2D eigenvalue weighted by Gasteiger charge is -2.21. The number of hydrogen-bond donors (Lipinski definition) is 1. The van der Waals surface area contributed by atoms with Crippen LogP contribution in [0.5, 0.6) is 5.75 Å². The van der Waals surface area contributed by atoms with Crippen LogP contribution in [-0.4, -0.2) is 18.7 Å². The number of rotatable bonds is 6. The Balaban J connectivity index is 2.33. The van der Waals surface area contributed by atoms with Gasteiger partial charge in [0.05, 0.1) is 0 Å². The van der Waals surface area contributed by atoms with Crippen LogP contribution in [0.4, 0.5) is 0 Å². The number of aryl methyl sites for hydroxylation is 1. The normalized spacial score (nSPS) is 11.3. The number of ether oxygens (including phenoxy) is 1. The quantitative estimate of drug-likeness (QED) is 0.776. The Morgan fingerprint density at radius 1 is 1.22 bits per heavy atom. The molecule has 0 fully saturated rings.